The standard InChI is InChI=1S/C30H24N2/c1-3-21-23-9-5-7-11-27(23)31-29-15-13-19(17-25(21)29)20-14-16-30-26(18-20)22(4-2)24-10-6-8-12-28(24)32-30/h5-18H,3-4H2,1-2H3. The summed E-state index contributed by atoms with van der Waals surface area (Å²) in [5, 5.41) is 5.00. The van der Waals surface area contributed by atoms with Crippen molar-refractivity contribution in [3.05, 3.63) is 96.1 Å². The zero-order chi connectivity index (χ0) is 21.7. The second-order valence-electron chi connectivity index (χ2n) is 8.39. The van der Waals surface area contributed by atoms with Gasteiger partial charge in [0.2, 0.25) is 0 Å². The number of hydrogen-bond donors (Lipinski definition) is 0. The molecule has 2 aromatic heterocycles. The largest absolute Gasteiger partial charge is 0.248 e. The summed E-state index contributed by atoms with van der Waals surface area (Å²) >= 11 is 0. The highest BCUT2D eigenvalue weighted by atomic mass is 14.7. The van der Waals surface area contributed by atoms with Gasteiger partial charge in [-0.05, 0) is 71.5 Å². The normalized spacial score (nSPS) is 11.7. The summed E-state index contributed by atoms with van der Waals surface area (Å²) in [7, 11) is 0. The number of aryl methyl sites for hydroxylation is 2. The van der Waals surface area contributed by atoms with Crippen molar-refractivity contribution in [2.75, 3.05) is 0 Å². The minimum atomic E-state index is 0.983. The fourth-order valence-corrected chi connectivity index (χ4v) is 5.07. The SMILES string of the molecule is CCc1c2ccccc2nc2ccc(-c3ccc4nc5ccccc5c(CC)c4c3)cc12. The first-order chi connectivity index (χ1) is 15.8. The number of nitrogens with zero attached hydrogens (tertiary/aromatic N) is 2. The first-order valence-corrected chi connectivity index (χ1v) is 11.4. The molecule has 0 unspecified atom stereocenters. The number of rotatable bonds is 3. The topological polar surface area (TPSA) is 25.8 Å². The molecule has 0 aliphatic rings. The molecule has 0 fully saturated rings. The van der Waals surface area contributed by atoms with Gasteiger partial charge in [0.15, 0.2) is 0 Å². The quantitative estimate of drug-likeness (QED) is 0.276. The molecule has 0 N–H and O–H groups in total. The number of benzene rings is 4. The van der Waals surface area contributed by atoms with Gasteiger partial charge >= 0.3 is 0 Å². The van der Waals surface area contributed by atoms with Crippen molar-refractivity contribution in [2.24, 2.45) is 0 Å². The van der Waals surface area contributed by atoms with Gasteiger partial charge in [0.1, 0.15) is 0 Å². The predicted molar refractivity (Wildman–Crippen MR) is 136 cm³/mol. The molecule has 0 atom stereocenters. The van der Waals surface area contributed by atoms with Crippen molar-refractivity contribution in [3.8, 4) is 11.1 Å². The van der Waals surface area contributed by atoms with Crippen LogP contribution in [0.25, 0.3) is 54.7 Å². The summed E-state index contributed by atoms with van der Waals surface area (Å²) in [6.45, 7) is 4.46. The van der Waals surface area contributed by atoms with Crippen molar-refractivity contribution in [1.82, 2.24) is 9.97 Å². The smallest absolute Gasteiger partial charge is 0.0712 e. The van der Waals surface area contributed by atoms with Crippen molar-refractivity contribution in [3.63, 3.8) is 0 Å². The molecule has 154 valence electrons. The van der Waals surface area contributed by atoms with E-state index >= 15 is 0 Å². The summed E-state index contributed by atoms with van der Waals surface area (Å²) in [5.41, 5.74) is 9.45. The van der Waals surface area contributed by atoms with Crippen LogP contribution < -0.4 is 0 Å². The van der Waals surface area contributed by atoms with Gasteiger partial charge in [-0.25, -0.2) is 9.97 Å². The van der Waals surface area contributed by atoms with Crippen molar-refractivity contribution in [2.45, 2.75) is 26.7 Å². The van der Waals surface area contributed by atoms with Crippen LogP contribution in [0.2, 0.25) is 0 Å². The Bertz CT molecular complexity index is 1520. The van der Waals surface area contributed by atoms with E-state index in [-0.39, 0.29) is 0 Å². The van der Waals surface area contributed by atoms with Crippen LogP contribution in [-0.2, 0) is 12.8 Å². The van der Waals surface area contributed by atoms with E-state index in [1.807, 2.05) is 0 Å². The molecule has 0 bridgehead atoms. The molecule has 2 nitrogen and oxygen atoms in total. The zero-order valence-corrected chi connectivity index (χ0v) is 18.4. The molecule has 0 spiro atoms. The Balaban J connectivity index is 1.60. The third-order valence-corrected chi connectivity index (χ3v) is 6.62. The van der Waals surface area contributed by atoms with Gasteiger partial charge in [0.25, 0.3) is 0 Å². The van der Waals surface area contributed by atoms with Gasteiger partial charge in [-0.15, -0.1) is 0 Å². The number of para-hydroxylation sites is 2. The maximum absolute atomic E-state index is 4.92. The van der Waals surface area contributed by atoms with Crippen LogP contribution in [-0.4, -0.2) is 9.97 Å². The monoisotopic (exact) mass is 412 g/mol. The highest BCUT2D eigenvalue weighted by Crippen LogP contribution is 2.33. The van der Waals surface area contributed by atoms with Crippen LogP contribution in [0.1, 0.15) is 25.0 Å². The minimum absolute atomic E-state index is 0.983. The van der Waals surface area contributed by atoms with Gasteiger partial charge in [-0.2, -0.15) is 0 Å². The fraction of sp³-hybridized carbons (Fsp3) is 0.133. The van der Waals surface area contributed by atoms with Crippen LogP contribution in [0.15, 0.2) is 84.9 Å². The summed E-state index contributed by atoms with van der Waals surface area (Å²) in [4.78, 5) is 9.85. The Hall–Kier alpha value is -3.78. The van der Waals surface area contributed by atoms with E-state index in [1.165, 1.54) is 43.8 Å². The maximum atomic E-state index is 4.92. The molecule has 2 heterocycles. The lowest BCUT2D eigenvalue weighted by Gasteiger charge is -2.13. The van der Waals surface area contributed by atoms with E-state index in [4.69, 9.17) is 9.97 Å². The Labute approximate surface area is 187 Å². The molecule has 0 saturated carbocycles. The summed E-state index contributed by atoms with van der Waals surface area (Å²) < 4.78 is 0. The van der Waals surface area contributed by atoms with Gasteiger partial charge in [0.05, 0.1) is 22.1 Å². The molecule has 4 aromatic carbocycles. The molecule has 0 radical (unpaired) electrons. The van der Waals surface area contributed by atoms with E-state index in [0.717, 1.165) is 34.9 Å². The number of hydrogen-bond acceptors (Lipinski definition) is 2. The van der Waals surface area contributed by atoms with E-state index in [2.05, 4.69) is 98.8 Å². The number of fused-ring (bicyclic) bond motifs is 4. The molecule has 0 amide bonds. The molecule has 0 aliphatic carbocycles. The predicted octanol–water partition coefficient (Wildman–Crippen LogP) is 7.88. The first-order valence-electron chi connectivity index (χ1n) is 11.4. The van der Waals surface area contributed by atoms with Crippen LogP contribution in [0.4, 0.5) is 0 Å². The molecule has 32 heavy (non-hydrogen) atoms. The lowest BCUT2D eigenvalue weighted by atomic mass is 9.94. The maximum Gasteiger partial charge on any atom is 0.0712 e. The molecule has 6 rings (SSSR count). The third kappa shape index (κ3) is 2.87. The Morgan fingerprint density at radius 1 is 0.469 bits per heavy atom. The second-order valence-corrected chi connectivity index (χ2v) is 8.39. The Morgan fingerprint density at radius 3 is 1.31 bits per heavy atom. The average Bonchev–Trinajstić information content (AvgIpc) is 2.85. The highest BCUT2D eigenvalue weighted by molar-refractivity contribution is 6.01. The van der Waals surface area contributed by atoms with Crippen LogP contribution >= 0.6 is 0 Å². The number of pyridine rings is 2. The molecular formula is C30H24N2. The minimum Gasteiger partial charge on any atom is -0.248 e. The van der Waals surface area contributed by atoms with E-state index in [1.54, 1.807) is 0 Å². The summed E-state index contributed by atoms with van der Waals surface area (Å²) in [5.74, 6) is 0. The van der Waals surface area contributed by atoms with Crippen LogP contribution in [0.5, 0.6) is 0 Å². The van der Waals surface area contributed by atoms with Gasteiger partial charge < -0.3 is 0 Å². The Kier molecular flexibility index (Phi) is 4.39. The average molecular weight is 413 g/mol. The molecular weight excluding hydrogens is 388 g/mol. The molecule has 2 heteroatoms. The molecule has 0 saturated heterocycles. The highest BCUT2D eigenvalue weighted by Gasteiger charge is 2.12. The number of aromatic nitrogens is 2. The summed E-state index contributed by atoms with van der Waals surface area (Å²) in [6, 6.07) is 30.3. The van der Waals surface area contributed by atoms with Gasteiger partial charge in [-0.1, -0.05) is 62.4 Å². The van der Waals surface area contributed by atoms with Gasteiger partial charge in [0, 0.05) is 21.5 Å². The van der Waals surface area contributed by atoms with Crippen LogP contribution in [0, 0.1) is 0 Å². The van der Waals surface area contributed by atoms with Gasteiger partial charge in [-0.3, -0.25) is 0 Å². The molecule has 0 aliphatic heterocycles. The van der Waals surface area contributed by atoms with E-state index in [0.29, 0.717) is 0 Å². The van der Waals surface area contributed by atoms with E-state index in [9.17, 15) is 0 Å². The lowest BCUT2D eigenvalue weighted by Crippen LogP contribution is -1.93. The summed E-state index contributed by atoms with van der Waals surface area (Å²) in [6.07, 6.45) is 1.97. The van der Waals surface area contributed by atoms with Crippen molar-refractivity contribution in [1.29, 1.82) is 0 Å². The Morgan fingerprint density at radius 2 is 0.875 bits per heavy atom. The zero-order valence-electron chi connectivity index (χ0n) is 18.4. The molecule has 6 aromatic rings. The second kappa shape index (κ2) is 7.42. The van der Waals surface area contributed by atoms with Crippen molar-refractivity contribution >= 4 is 43.6 Å². The lowest BCUT2D eigenvalue weighted by molar-refractivity contribution is 1.17. The fourth-order valence-electron chi connectivity index (χ4n) is 5.07. The third-order valence-electron chi connectivity index (χ3n) is 6.62. The van der Waals surface area contributed by atoms with E-state index < -0.39 is 0 Å². The van der Waals surface area contributed by atoms with Crippen molar-refractivity contribution < 1.29 is 0 Å². The van der Waals surface area contributed by atoms with Crippen LogP contribution in [0.3, 0.4) is 0 Å². The first kappa shape index (κ1) is 18.9.